The zero-order valence-electron chi connectivity index (χ0n) is 10.7. The number of nitrogens with one attached hydrogen (secondary N) is 1. The highest BCUT2D eigenvalue weighted by Gasteiger charge is 2.07. The van der Waals surface area contributed by atoms with Crippen molar-refractivity contribution >= 4 is 0 Å². The summed E-state index contributed by atoms with van der Waals surface area (Å²) in [4.78, 5) is 0. The highest BCUT2D eigenvalue weighted by atomic mass is 19.1. The molecule has 0 aliphatic carbocycles. The van der Waals surface area contributed by atoms with Crippen molar-refractivity contribution in [2.24, 2.45) is 0 Å². The number of hydrogen-bond acceptors (Lipinski definition) is 2. The second kappa shape index (κ2) is 6.36. The zero-order valence-corrected chi connectivity index (χ0v) is 10.7. The molecule has 0 bridgehead atoms. The van der Waals surface area contributed by atoms with E-state index in [1.807, 2.05) is 12.1 Å². The van der Waals surface area contributed by atoms with Gasteiger partial charge in [0.25, 0.3) is 0 Å². The molecule has 0 fully saturated rings. The number of hydrogen-bond donors (Lipinski definition) is 1. The van der Waals surface area contributed by atoms with Crippen LogP contribution in [0.1, 0.15) is 36.5 Å². The van der Waals surface area contributed by atoms with E-state index in [4.69, 9.17) is 5.26 Å². The molecule has 0 aliphatic rings. The summed E-state index contributed by atoms with van der Waals surface area (Å²) in [6.45, 7) is 6.29. The van der Waals surface area contributed by atoms with Crippen LogP contribution >= 0.6 is 0 Å². The predicted octanol–water partition coefficient (Wildman–Crippen LogP) is 3.22. The number of nitrogens with zero attached hydrogens (tertiary/aromatic N) is 1. The molecule has 0 aromatic heterocycles. The Morgan fingerprint density at radius 2 is 1.94 bits per heavy atom. The van der Waals surface area contributed by atoms with Crippen molar-refractivity contribution in [1.29, 1.82) is 5.26 Å². The molecular weight excluding hydrogens is 215 g/mol. The van der Waals surface area contributed by atoms with Crippen molar-refractivity contribution in [2.75, 3.05) is 0 Å². The van der Waals surface area contributed by atoms with Crippen LogP contribution in [-0.2, 0) is 6.54 Å². The van der Waals surface area contributed by atoms with E-state index >= 15 is 0 Å². The molecule has 2 nitrogen and oxygen atoms in total. The third-order valence-corrected chi connectivity index (χ3v) is 2.92. The highest BCUT2D eigenvalue weighted by Crippen LogP contribution is 2.14. The first-order valence-corrected chi connectivity index (χ1v) is 5.94. The van der Waals surface area contributed by atoms with Gasteiger partial charge in [-0.1, -0.05) is 19.1 Å². The molecule has 0 heterocycles. The third kappa shape index (κ3) is 3.83. The van der Waals surface area contributed by atoms with Gasteiger partial charge >= 0.3 is 0 Å². The first kappa shape index (κ1) is 13.7. The normalized spacial score (nSPS) is 12.2. The monoisotopic (exact) mass is 234 g/mol. The number of aryl methyl sites for hydroxylation is 2. The molecule has 1 aromatic carbocycles. The maximum atomic E-state index is 13.4. The molecule has 0 saturated carbocycles. The van der Waals surface area contributed by atoms with Crippen LogP contribution in [0.3, 0.4) is 0 Å². The fourth-order valence-corrected chi connectivity index (χ4v) is 1.87. The molecule has 0 amide bonds. The van der Waals surface area contributed by atoms with Crippen molar-refractivity contribution in [3.8, 4) is 6.07 Å². The first-order valence-electron chi connectivity index (χ1n) is 5.94. The number of halogens is 1. The molecule has 0 saturated heterocycles. The molecule has 0 radical (unpaired) electrons. The number of benzene rings is 1. The SMILES string of the molecule is CCC(CC#N)NCc1cc(C)c(F)c(C)c1. The molecule has 1 atom stereocenters. The van der Waals surface area contributed by atoms with E-state index in [0.29, 0.717) is 24.1 Å². The predicted molar refractivity (Wildman–Crippen MR) is 67.0 cm³/mol. The summed E-state index contributed by atoms with van der Waals surface area (Å²) in [5.74, 6) is -0.127. The minimum Gasteiger partial charge on any atom is -0.309 e. The van der Waals surface area contributed by atoms with Gasteiger partial charge in [0.15, 0.2) is 0 Å². The van der Waals surface area contributed by atoms with Crippen molar-refractivity contribution in [2.45, 2.75) is 46.2 Å². The van der Waals surface area contributed by atoms with Crippen molar-refractivity contribution in [3.63, 3.8) is 0 Å². The van der Waals surface area contributed by atoms with Crippen LogP contribution in [0.4, 0.5) is 4.39 Å². The lowest BCUT2D eigenvalue weighted by atomic mass is 10.1. The Morgan fingerprint density at radius 1 is 1.35 bits per heavy atom. The van der Waals surface area contributed by atoms with E-state index in [1.54, 1.807) is 13.8 Å². The Morgan fingerprint density at radius 3 is 2.41 bits per heavy atom. The summed E-state index contributed by atoms with van der Waals surface area (Å²) in [6.07, 6.45) is 1.43. The smallest absolute Gasteiger partial charge is 0.129 e. The van der Waals surface area contributed by atoms with Gasteiger partial charge in [-0.2, -0.15) is 5.26 Å². The topological polar surface area (TPSA) is 35.8 Å². The van der Waals surface area contributed by atoms with Crippen LogP contribution in [0.15, 0.2) is 12.1 Å². The summed E-state index contributed by atoms with van der Waals surface area (Å²) in [7, 11) is 0. The standard InChI is InChI=1S/C14H19FN2/c1-4-13(5-6-16)17-9-12-7-10(2)14(15)11(3)8-12/h7-8,13,17H,4-5,9H2,1-3H3. The summed E-state index contributed by atoms with van der Waals surface area (Å²) in [5.41, 5.74) is 2.42. The maximum Gasteiger partial charge on any atom is 0.129 e. The average molecular weight is 234 g/mol. The minimum absolute atomic E-state index is 0.127. The lowest BCUT2D eigenvalue weighted by Gasteiger charge is -2.14. The average Bonchev–Trinajstić information content (AvgIpc) is 2.31. The van der Waals surface area contributed by atoms with Crippen LogP contribution in [0.5, 0.6) is 0 Å². The lowest BCUT2D eigenvalue weighted by molar-refractivity contribution is 0.504. The Kier molecular flexibility index (Phi) is 5.11. The van der Waals surface area contributed by atoms with E-state index in [9.17, 15) is 4.39 Å². The summed E-state index contributed by atoms with van der Waals surface area (Å²) in [6, 6.07) is 6.09. The van der Waals surface area contributed by atoms with Gasteiger partial charge in [-0.3, -0.25) is 0 Å². The van der Waals surface area contributed by atoms with Crippen LogP contribution in [0, 0.1) is 31.0 Å². The number of nitriles is 1. The molecule has 0 aliphatic heterocycles. The first-order chi connectivity index (χ1) is 8.08. The van der Waals surface area contributed by atoms with E-state index in [-0.39, 0.29) is 11.9 Å². The summed E-state index contributed by atoms with van der Waals surface area (Å²) in [5, 5.41) is 12.0. The van der Waals surface area contributed by atoms with Gasteiger partial charge in [0, 0.05) is 12.6 Å². The van der Waals surface area contributed by atoms with E-state index in [0.717, 1.165) is 12.0 Å². The van der Waals surface area contributed by atoms with E-state index in [2.05, 4.69) is 18.3 Å². The molecule has 1 unspecified atom stereocenters. The molecule has 3 heteroatoms. The second-order valence-electron chi connectivity index (χ2n) is 4.39. The van der Waals surface area contributed by atoms with Gasteiger partial charge in [-0.15, -0.1) is 0 Å². The van der Waals surface area contributed by atoms with Crippen LogP contribution in [0.25, 0.3) is 0 Å². The summed E-state index contributed by atoms with van der Waals surface area (Å²) < 4.78 is 13.4. The lowest BCUT2D eigenvalue weighted by Crippen LogP contribution is -2.27. The Bertz CT molecular complexity index is 398. The van der Waals surface area contributed by atoms with Crippen LogP contribution in [0.2, 0.25) is 0 Å². The van der Waals surface area contributed by atoms with Gasteiger partial charge in [0.2, 0.25) is 0 Å². The molecular formula is C14H19FN2. The number of rotatable bonds is 5. The van der Waals surface area contributed by atoms with Gasteiger partial charge < -0.3 is 5.32 Å². The molecule has 0 spiro atoms. The molecule has 1 N–H and O–H groups in total. The second-order valence-corrected chi connectivity index (χ2v) is 4.39. The van der Waals surface area contributed by atoms with Crippen molar-refractivity contribution < 1.29 is 4.39 Å². The van der Waals surface area contributed by atoms with E-state index in [1.165, 1.54) is 0 Å². The summed E-state index contributed by atoms with van der Waals surface area (Å²) >= 11 is 0. The maximum absolute atomic E-state index is 13.4. The Balaban J connectivity index is 2.67. The highest BCUT2D eigenvalue weighted by molar-refractivity contribution is 5.30. The third-order valence-electron chi connectivity index (χ3n) is 2.92. The zero-order chi connectivity index (χ0) is 12.8. The van der Waals surface area contributed by atoms with Crippen LogP contribution in [-0.4, -0.2) is 6.04 Å². The van der Waals surface area contributed by atoms with Crippen molar-refractivity contribution in [3.05, 3.63) is 34.6 Å². The molecule has 92 valence electrons. The Hall–Kier alpha value is -1.40. The van der Waals surface area contributed by atoms with Crippen LogP contribution < -0.4 is 5.32 Å². The van der Waals surface area contributed by atoms with E-state index < -0.39 is 0 Å². The van der Waals surface area contributed by atoms with Gasteiger partial charge in [-0.25, -0.2) is 4.39 Å². The fourth-order valence-electron chi connectivity index (χ4n) is 1.87. The molecule has 1 aromatic rings. The van der Waals surface area contributed by atoms with Gasteiger partial charge in [0.1, 0.15) is 5.82 Å². The quantitative estimate of drug-likeness (QED) is 0.849. The van der Waals surface area contributed by atoms with Crippen molar-refractivity contribution in [1.82, 2.24) is 5.32 Å². The largest absolute Gasteiger partial charge is 0.309 e. The van der Waals surface area contributed by atoms with Gasteiger partial charge in [-0.05, 0) is 37.0 Å². The fraction of sp³-hybridized carbons (Fsp3) is 0.500. The van der Waals surface area contributed by atoms with Gasteiger partial charge in [0.05, 0.1) is 12.5 Å². The Labute approximate surface area is 102 Å². The molecule has 1 rings (SSSR count). The minimum atomic E-state index is -0.127. The molecule has 17 heavy (non-hydrogen) atoms.